The van der Waals surface area contributed by atoms with Crippen molar-refractivity contribution in [3.63, 3.8) is 0 Å². The van der Waals surface area contributed by atoms with Crippen molar-refractivity contribution in [2.75, 3.05) is 31.9 Å². The molecule has 4 N–H and O–H groups in total. The summed E-state index contributed by atoms with van der Waals surface area (Å²) in [4.78, 5) is 39.3. The molecule has 2 amide bonds. The largest absolute Gasteiger partial charge is 0.459 e. The van der Waals surface area contributed by atoms with Gasteiger partial charge in [-0.15, -0.1) is 0 Å². The van der Waals surface area contributed by atoms with E-state index >= 15 is 0 Å². The second-order valence-corrected chi connectivity index (χ2v) is 9.90. The third-order valence-corrected chi connectivity index (χ3v) is 6.81. The standard InChI is InChI=1S/C28H28F3N7O3/c1-16(8-17-2-3-23(32)34-12-17)26(39)37-15-21-10-18-9-19(11-22(24(18)41-21)28(29,30)31)25-35-13-20(14-36-25)27(40)38-6-4-33-5-7-38/h2-3,9-14,16,33H,4-8,15H2,1H3,(H2,32,34)(H,37,39). The number of nitrogens with zero attached hydrogens (tertiary/aromatic N) is 4. The van der Waals surface area contributed by atoms with Gasteiger partial charge in [0, 0.05) is 61.6 Å². The second kappa shape index (κ2) is 11.5. The Hall–Kier alpha value is -4.52. The summed E-state index contributed by atoms with van der Waals surface area (Å²) in [6.07, 6.45) is -0.0622. The van der Waals surface area contributed by atoms with E-state index in [-0.39, 0.29) is 52.0 Å². The normalized spacial score (nSPS) is 14.7. The molecule has 1 saturated heterocycles. The summed E-state index contributed by atoms with van der Waals surface area (Å²) in [7, 11) is 0. The Balaban J connectivity index is 1.33. The highest BCUT2D eigenvalue weighted by atomic mass is 19.4. The molecule has 4 aromatic rings. The number of aromatic nitrogens is 3. The number of hydrogen-bond donors (Lipinski definition) is 3. The number of carbonyl (C=O) groups excluding carboxylic acids is 2. The van der Waals surface area contributed by atoms with Crippen molar-refractivity contribution in [1.29, 1.82) is 0 Å². The Kier molecular flexibility index (Phi) is 7.88. The van der Waals surface area contributed by atoms with E-state index < -0.39 is 17.7 Å². The quantitative estimate of drug-likeness (QED) is 0.309. The fourth-order valence-corrected chi connectivity index (χ4v) is 4.62. The zero-order valence-electron chi connectivity index (χ0n) is 22.2. The third-order valence-electron chi connectivity index (χ3n) is 6.81. The van der Waals surface area contributed by atoms with E-state index in [1.165, 1.54) is 24.5 Å². The van der Waals surface area contributed by atoms with Crippen molar-refractivity contribution in [3.8, 4) is 11.4 Å². The van der Waals surface area contributed by atoms with Crippen molar-refractivity contribution >= 4 is 28.6 Å². The lowest BCUT2D eigenvalue weighted by atomic mass is 10.0. The Morgan fingerprint density at radius 2 is 1.83 bits per heavy atom. The zero-order chi connectivity index (χ0) is 29.1. The molecule has 13 heteroatoms. The number of anilines is 1. The maximum atomic E-state index is 14.0. The first kappa shape index (κ1) is 28.0. The van der Waals surface area contributed by atoms with Crippen LogP contribution in [0.4, 0.5) is 19.0 Å². The first-order valence-electron chi connectivity index (χ1n) is 13.0. The Morgan fingerprint density at radius 1 is 1.10 bits per heavy atom. The number of nitrogen functional groups attached to an aromatic ring is 1. The fraction of sp³-hybridized carbons (Fsp3) is 0.321. The highest BCUT2D eigenvalue weighted by Crippen LogP contribution is 2.39. The maximum absolute atomic E-state index is 14.0. The average molecular weight is 568 g/mol. The molecule has 1 unspecified atom stereocenters. The van der Waals surface area contributed by atoms with E-state index in [4.69, 9.17) is 10.2 Å². The van der Waals surface area contributed by atoms with Crippen LogP contribution in [0, 0.1) is 5.92 Å². The molecule has 3 aromatic heterocycles. The van der Waals surface area contributed by atoms with Crippen molar-refractivity contribution in [3.05, 3.63) is 71.4 Å². The molecule has 0 radical (unpaired) electrons. The molecule has 10 nitrogen and oxygen atoms in total. The lowest BCUT2D eigenvalue weighted by molar-refractivity contribution is -0.136. The minimum atomic E-state index is -4.72. The molecule has 214 valence electrons. The molecule has 0 saturated carbocycles. The fourth-order valence-electron chi connectivity index (χ4n) is 4.62. The summed E-state index contributed by atoms with van der Waals surface area (Å²) in [6.45, 7) is 4.11. The van der Waals surface area contributed by atoms with Crippen LogP contribution >= 0.6 is 0 Å². The van der Waals surface area contributed by atoms with Crippen molar-refractivity contribution < 1.29 is 27.2 Å². The first-order chi connectivity index (χ1) is 19.6. The number of amides is 2. The highest BCUT2D eigenvalue weighted by Gasteiger charge is 2.35. The molecule has 1 aliphatic heterocycles. The minimum absolute atomic E-state index is 0.0382. The smallest absolute Gasteiger partial charge is 0.420 e. The van der Waals surface area contributed by atoms with Gasteiger partial charge in [-0.1, -0.05) is 13.0 Å². The van der Waals surface area contributed by atoms with Crippen LogP contribution in [0.1, 0.15) is 34.2 Å². The Labute approximate surface area is 233 Å². The van der Waals surface area contributed by atoms with Gasteiger partial charge < -0.3 is 25.7 Å². The molecule has 41 heavy (non-hydrogen) atoms. The van der Waals surface area contributed by atoms with Crippen LogP contribution < -0.4 is 16.4 Å². The summed E-state index contributed by atoms with van der Waals surface area (Å²) in [5, 5.41) is 6.06. The average Bonchev–Trinajstić information content (AvgIpc) is 3.39. The van der Waals surface area contributed by atoms with Crippen molar-refractivity contribution in [1.82, 2.24) is 30.5 Å². The highest BCUT2D eigenvalue weighted by molar-refractivity contribution is 5.94. The number of rotatable bonds is 7. The van der Waals surface area contributed by atoms with Gasteiger partial charge in [0.05, 0.1) is 17.7 Å². The number of piperazine rings is 1. The molecule has 0 aliphatic carbocycles. The van der Waals surface area contributed by atoms with E-state index in [1.807, 2.05) is 0 Å². The number of nitrogens with two attached hydrogens (primary N) is 1. The van der Waals surface area contributed by atoms with Crippen LogP contribution in [0.5, 0.6) is 0 Å². The lowest BCUT2D eigenvalue weighted by Crippen LogP contribution is -2.46. The Bertz CT molecular complexity index is 1550. The van der Waals surface area contributed by atoms with Crippen molar-refractivity contribution in [2.24, 2.45) is 5.92 Å². The maximum Gasteiger partial charge on any atom is 0.420 e. The van der Waals surface area contributed by atoms with Gasteiger partial charge in [0.25, 0.3) is 5.91 Å². The molecule has 1 aromatic carbocycles. The molecular weight excluding hydrogens is 539 g/mol. The van der Waals surface area contributed by atoms with Crippen LogP contribution in [-0.2, 0) is 23.9 Å². The molecule has 1 aliphatic rings. The first-order valence-corrected chi connectivity index (χ1v) is 13.0. The van der Waals surface area contributed by atoms with E-state index in [0.29, 0.717) is 38.4 Å². The number of benzene rings is 1. The lowest BCUT2D eigenvalue weighted by Gasteiger charge is -2.27. The number of carbonyl (C=O) groups is 2. The number of hydrogen-bond acceptors (Lipinski definition) is 8. The summed E-state index contributed by atoms with van der Waals surface area (Å²) >= 11 is 0. The van der Waals surface area contributed by atoms with Gasteiger partial charge in [-0.25, -0.2) is 15.0 Å². The number of fused-ring (bicyclic) bond motifs is 1. The minimum Gasteiger partial charge on any atom is -0.459 e. The molecular formula is C28H28F3N7O3. The molecule has 1 fully saturated rings. The molecule has 0 bridgehead atoms. The second-order valence-electron chi connectivity index (χ2n) is 9.90. The van der Waals surface area contributed by atoms with Gasteiger partial charge >= 0.3 is 6.18 Å². The number of nitrogens with one attached hydrogen (secondary N) is 2. The number of halogens is 3. The van der Waals surface area contributed by atoms with E-state index in [1.54, 1.807) is 30.2 Å². The summed E-state index contributed by atoms with van der Waals surface area (Å²) in [5.41, 5.74) is 5.46. The van der Waals surface area contributed by atoms with Gasteiger partial charge in [0.1, 0.15) is 17.2 Å². The van der Waals surface area contributed by atoms with Gasteiger partial charge in [-0.3, -0.25) is 9.59 Å². The van der Waals surface area contributed by atoms with Crippen LogP contribution in [-0.4, -0.2) is 57.8 Å². The summed E-state index contributed by atoms with van der Waals surface area (Å²) in [6, 6.07) is 7.29. The third kappa shape index (κ3) is 6.46. The van der Waals surface area contributed by atoms with Gasteiger partial charge in [0.2, 0.25) is 5.91 Å². The number of pyridine rings is 1. The summed E-state index contributed by atoms with van der Waals surface area (Å²) in [5.74, 6) is -0.359. The predicted molar refractivity (Wildman–Crippen MR) is 144 cm³/mol. The van der Waals surface area contributed by atoms with Gasteiger partial charge in [0.15, 0.2) is 5.82 Å². The molecule has 4 heterocycles. The molecule has 1 atom stereocenters. The number of furan rings is 1. The molecule has 0 spiro atoms. The topological polar surface area (TPSA) is 139 Å². The van der Waals surface area contributed by atoms with Gasteiger partial charge in [-0.2, -0.15) is 13.2 Å². The van der Waals surface area contributed by atoms with E-state index in [2.05, 4.69) is 25.6 Å². The number of alkyl halides is 3. The van der Waals surface area contributed by atoms with Crippen LogP contribution in [0.2, 0.25) is 0 Å². The molecule has 5 rings (SSSR count). The van der Waals surface area contributed by atoms with Crippen LogP contribution in [0.3, 0.4) is 0 Å². The SMILES string of the molecule is CC(Cc1ccc(N)nc1)C(=O)NCc1cc2cc(-c3ncc(C(=O)N4CCNCC4)cn3)cc(C(F)(F)F)c2o1. The van der Waals surface area contributed by atoms with E-state index in [0.717, 1.165) is 11.6 Å². The summed E-state index contributed by atoms with van der Waals surface area (Å²) < 4.78 is 47.6. The van der Waals surface area contributed by atoms with Crippen LogP contribution in [0.25, 0.3) is 22.4 Å². The van der Waals surface area contributed by atoms with Crippen molar-refractivity contribution in [2.45, 2.75) is 26.1 Å². The monoisotopic (exact) mass is 567 g/mol. The predicted octanol–water partition coefficient (Wildman–Crippen LogP) is 3.43. The van der Waals surface area contributed by atoms with Crippen LogP contribution in [0.15, 0.2) is 53.3 Å². The zero-order valence-corrected chi connectivity index (χ0v) is 22.2. The van der Waals surface area contributed by atoms with Gasteiger partial charge in [-0.05, 0) is 36.2 Å². The Morgan fingerprint density at radius 3 is 2.49 bits per heavy atom. The van der Waals surface area contributed by atoms with E-state index in [9.17, 15) is 22.8 Å².